The molecule has 10 heteroatoms. The number of nitrogens with zero attached hydrogens (tertiary/aromatic N) is 1. The Labute approximate surface area is 251 Å². The van der Waals surface area contributed by atoms with Gasteiger partial charge in [-0.15, -0.1) is 0 Å². The third-order valence-corrected chi connectivity index (χ3v) is 6.95. The summed E-state index contributed by atoms with van der Waals surface area (Å²) in [6, 6.07) is 18.0. The summed E-state index contributed by atoms with van der Waals surface area (Å²) in [5.41, 5.74) is 1.83. The Balaban J connectivity index is 1.26. The highest BCUT2D eigenvalue weighted by Crippen LogP contribution is 2.42. The summed E-state index contributed by atoms with van der Waals surface area (Å²) >= 11 is 0. The molecule has 0 bridgehead atoms. The smallest absolute Gasteiger partial charge is 0.257 e. The Bertz CT molecular complexity index is 1580. The summed E-state index contributed by atoms with van der Waals surface area (Å²) < 4.78 is 33.3. The maximum absolute atomic E-state index is 13.0. The van der Waals surface area contributed by atoms with Crippen molar-refractivity contribution in [1.29, 1.82) is 0 Å². The first-order valence-corrected chi connectivity index (χ1v) is 14.0. The number of rotatable bonds is 15. The van der Waals surface area contributed by atoms with Gasteiger partial charge in [-0.1, -0.05) is 18.2 Å². The Morgan fingerprint density at radius 1 is 0.860 bits per heavy atom. The average Bonchev–Trinajstić information content (AvgIpc) is 3.02. The van der Waals surface area contributed by atoms with Crippen LogP contribution in [-0.4, -0.2) is 66.0 Å². The Morgan fingerprint density at radius 2 is 1.58 bits per heavy atom. The molecule has 3 aromatic carbocycles. The van der Waals surface area contributed by atoms with Gasteiger partial charge in [-0.05, 0) is 56.8 Å². The molecule has 0 saturated heterocycles. The van der Waals surface area contributed by atoms with E-state index in [9.17, 15) is 9.59 Å². The summed E-state index contributed by atoms with van der Waals surface area (Å²) in [7, 11) is 8.18. The quantitative estimate of drug-likeness (QED) is 0.193. The van der Waals surface area contributed by atoms with Gasteiger partial charge in [0.2, 0.25) is 5.75 Å². The highest BCUT2D eigenvalue weighted by Gasteiger charge is 2.21. The lowest BCUT2D eigenvalue weighted by Crippen LogP contribution is -2.30. The van der Waals surface area contributed by atoms with Crippen molar-refractivity contribution >= 4 is 16.9 Å². The number of ether oxygens (including phenoxy) is 5. The second-order valence-electron chi connectivity index (χ2n) is 9.91. The van der Waals surface area contributed by atoms with Crippen LogP contribution >= 0.6 is 0 Å². The number of methoxy groups -OCH3 is 4. The number of para-hydroxylation sites is 1. The highest BCUT2D eigenvalue weighted by molar-refractivity contribution is 5.90. The van der Waals surface area contributed by atoms with E-state index in [1.807, 2.05) is 18.2 Å². The summed E-state index contributed by atoms with van der Waals surface area (Å²) in [5, 5.41) is 3.16. The molecule has 0 saturated carbocycles. The first-order chi connectivity index (χ1) is 20.9. The fourth-order valence-electron chi connectivity index (χ4n) is 4.78. The maximum atomic E-state index is 13.0. The van der Waals surface area contributed by atoms with Gasteiger partial charge in [0.1, 0.15) is 28.2 Å². The molecule has 0 aliphatic rings. The van der Waals surface area contributed by atoms with Crippen LogP contribution in [0.5, 0.6) is 28.7 Å². The van der Waals surface area contributed by atoms with Crippen molar-refractivity contribution in [2.45, 2.75) is 19.4 Å². The fourth-order valence-corrected chi connectivity index (χ4v) is 4.78. The largest absolute Gasteiger partial charge is 0.496 e. The molecule has 0 aliphatic carbocycles. The molecule has 0 unspecified atom stereocenters. The Morgan fingerprint density at radius 3 is 2.28 bits per heavy atom. The number of nitrogens with one attached hydrogen (secondary N) is 1. The third-order valence-electron chi connectivity index (χ3n) is 6.95. The molecular weight excluding hydrogens is 552 g/mol. The molecule has 4 rings (SSSR count). The van der Waals surface area contributed by atoms with Crippen LogP contribution in [0, 0.1) is 0 Å². The van der Waals surface area contributed by atoms with Crippen molar-refractivity contribution in [2.24, 2.45) is 0 Å². The van der Waals surface area contributed by atoms with E-state index in [2.05, 4.69) is 23.3 Å². The highest BCUT2D eigenvalue weighted by atomic mass is 16.5. The molecule has 10 nitrogen and oxygen atoms in total. The number of carbonyl (C=O) groups excluding carboxylic acids is 1. The van der Waals surface area contributed by atoms with Crippen LogP contribution in [0.2, 0.25) is 0 Å². The van der Waals surface area contributed by atoms with Crippen molar-refractivity contribution < 1.29 is 32.9 Å². The predicted molar refractivity (Wildman–Crippen MR) is 165 cm³/mol. The molecule has 0 spiro atoms. The zero-order chi connectivity index (χ0) is 30.8. The average molecular weight is 591 g/mol. The van der Waals surface area contributed by atoms with Gasteiger partial charge < -0.3 is 38.3 Å². The van der Waals surface area contributed by atoms with E-state index in [0.29, 0.717) is 40.7 Å². The fraction of sp³-hybridized carbons (Fsp3) is 0.333. The summed E-state index contributed by atoms with van der Waals surface area (Å²) in [5.74, 6) is 2.53. The molecule has 1 N–H and O–H groups in total. The minimum absolute atomic E-state index is 0.0977. The molecule has 0 radical (unpaired) electrons. The lowest BCUT2D eigenvalue weighted by molar-refractivity contribution is -0.123. The Hall–Kier alpha value is -4.70. The maximum Gasteiger partial charge on any atom is 0.257 e. The van der Waals surface area contributed by atoms with Crippen LogP contribution in [0.3, 0.4) is 0 Å². The molecule has 0 fully saturated rings. The van der Waals surface area contributed by atoms with Crippen LogP contribution in [0.1, 0.15) is 18.4 Å². The Kier molecular flexibility index (Phi) is 10.9. The second kappa shape index (κ2) is 15.0. The predicted octanol–water partition coefficient (Wildman–Crippen LogP) is 4.90. The normalized spacial score (nSPS) is 10.9. The SMILES string of the molecule is COc1ccccc1CN(C)CCCCNC(=O)COc1ccc(-c2cc(=O)c3c(OC)c(OC)c(OC)cc3o2)cc1. The molecule has 228 valence electrons. The topological polar surface area (TPSA) is 109 Å². The van der Waals surface area contributed by atoms with Gasteiger partial charge >= 0.3 is 0 Å². The molecule has 4 aromatic rings. The number of hydrogen-bond acceptors (Lipinski definition) is 9. The summed E-state index contributed by atoms with van der Waals surface area (Å²) in [6.07, 6.45) is 1.81. The summed E-state index contributed by atoms with van der Waals surface area (Å²) in [4.78, 5) is 27.5. The summed E-state index contributed by atoms with van der Waals surface area (Å²) in [6.45, 7) is 2.18. The first kappa shape index (κ1) is 31.2. The molecule has 1 heterocycles. The van der Waals surface area contributed by atoms with E-state index in [4.69, 9.17) is 28.1 Å². The van der Waals surface area contributed by atoms with E-state index >= 15 is 0 Å². The number of hydrogen-bond donors (Lipinski definition) is 1. The zero-order valence-corrected chi connectivity index (χ0v) is 25.2. The lowest BCUT2D eigenvalue weighted by atomic mass is 10.1. The molecular formula is C33H38N2O8. The minimum atomic E-state index is -0.283. The van der Waals surface area contributed by atoms with Crippen molar-refractivity contribution in [1.82, 2.24) is 10.2 Å². The molecule has 43 heavy (non-hydrogen) atoms. The van der Waals surface area contributed by atoms with E-state index in [0.717, 1.165) is 37.2 Å². The van der Waals surface area contributed by atoms with Gasteiger partial charge in [0, 0.05) is 36.3 Å². The van der Waals surface area contributed by atoms with Gasteiger partial charge in [-0.2, -0.15) is 0 Å². The van der Waals surface area contributed by atoms with Crippen LogP contribution in [0.15, 0.2) is 69.9 Å². The molecule has 1 amide bonds. The first-order valence-electron chi connectivity index (χ1n) is 14.0. The van der Waals surface area contributed by atoms with E-state index in [1.54, 1.807) is 37.4 Å². The zero-order valence-electron chi connectivity index (χ0n) is 25.2. The number of carbonyl (C=O) groups is 1. The van der Waals surface area contributed by atoms with Crippen molar-refractivity contribution in [3.8, 4) is 40.1 Å². The van der Waals surface area contributed by atoms with Crippen molar-refractivity contribution in [2.75, 3.05) is 55.2 Å². The van der Waals surface area contributed by atoms with E-state index < -0.39 is 0 Å². The van der Waals surface area contributed by atoms with E-state index in [-0.39, 0.29) is 29.1 Å². The minimum Gasteiger partial charge on any atom is -0.496 e. The van der Waals surface area contributed by atoms with Crippen LogP contribution in [0.4, 0.5) is 0 Å². The van der Waals surface area contributed by atoms with Crippen molar-refractivity contribution in [3.05, 3.63) is 76.5 Å². The standard InChI is InChI=1S/C33H38N2O8/c1-35(20-23-10-6-7-11-26(23)38-2)17-9-8-16-34-30(37)21-42-24-14-12-22(13-15-24)27-18-25(36)31-28(43-27)19-29(39-3)32(40-4)33(31)41-5/h6-7,10-15,18-19H,8-9,16-17,20-21H2,1-5H3,(H,34,37). The van der Waals surface area contributed by atoms with Gasteiger partial charge in [-0.25, -0.2) is 0 Å². The third kappa shape index (κ3) is 7.78. The number of fused-ring (bicyclic) bond motifs is 1. The van der Waals surface area contributed by atoms with Gasteiger partial charge in [0.25, 0.3) is 5.91 Å². The molecule has 0 atom stereocenters. The van der Waals surface area contributed by atoms with Gasteiger partial charge in [-0.3, -0.25) is 9.59 Å². The molecule has 1 aromatic heterocycles. The van der Waals surface area contributed by atoms with Crippen LogP contribution in [-0.2, 0) is 11.3 Å². The monoisotopic (exact) mass is 590 g/mol. The van der Waals surface area contributed by atoms with Crippen LogP contribution in [0.25, 0.3) is 22.3 Å². The van der Waals surface area contributed by atoms with Gasteiger partial charge in [0.15, 0.2) is 23.5 Å². The molecule has 0 aliphatic heterocycles. The van der Waals surface area contributed by atoms with Crippen LogP contribution < -0.4 is 34.4 Å². The lowest BCUT2D eigenvalue weighted by Gasteiger charge is -2.18. The number of amides is 1. The number of benzene rings is 3. The van der Waals surface area contributed by atoms with E-state index in [1.165, 1.54) is 27.4 Å². The van der Waals surface area contributed by atoms with Crippen molar-refractivity contribution in [3.63, 3.8) is 0 Å². The second-order valence-corrected chi connectivity index (χ2v) is 9.91. The van der Waals surface area contributed by atoms with Gasteiger partial charge in [0.05, 0.1) is 28.4 Å². The number of unbranched alkanes of at least 4 members (excludes halogenated alkanes) is 1.